The van der Waals surface area contributed by atoms with Gasteiger partial charge in [0.25, 0.3) is 11.6 Å². The third-order valence-corrected chi connectivity index (χ3v) is 4.95. The van der Waals surface area contributed by atoms with Crippen LogP contribution in [0.5, 0.6) is 0 Å². The van der Waals surface area contributed by atoms with E-state index in [4.69, 9.17) is 0 Å². The Labute approximate surface area is 158 Å². The number of amides is 1. The van der Waals surface area contributed by atoms with Crippen molar-refractivity contribution in [2.24, 2.45) is 5.92 Å². The van der Waals surface area contributed by atoms with Crippen molar-refractivity contribution in [1.29, 1.82) is 0 Å². The van der Waals surface area contributed by atoms with Gasteiger partial charge in [-0.1, -0.05) is 13.0 Å². The number of carbonyl (C=O) groups excluding carboxylic acids is 1. The van der Waals surface area contributed by atoms with Gasteiger partial charge in [-0.3, -0.25) is 19.9 Å². The van der Waals surface area contributed by atoms with Gasteiger partial charge in [0.15, 0.2) is 0 Å². The van der Waals surface area contributed by atoms with E-state index in [1.54, 1.807) is 12.3 Å². The molecule has 0 saturated carbocycles. The Balaban J connectivity index is 1.75. The van der Waals surface area contributed by atoms with Crippen LogP contribution in [-0.2, 0) is 6.42 Å². The van der Waals surface area contributed by atoms with Gasteiger partial charge in [0, 0.05) is 50.1 Å². The van der Waals surface area contributed by atoms with Crippen LogP contribution in [0.3, 0.4) is 0 Å². The lowest BCUT2D eigenvalue weighted by atomic mass is 9.98. The van der Waals surface area contributed by atoms with Gasteiger partial charge in [-0.15, -0.1) is 0 Å². The van der Waals surface area contributed by atoms with Crippen molar-refractivity contribution >= 4 is 17.3 Å². The Morgan fingerprint density at radius 1 is 1.30 bits per heavy atom. The SMILES string of the molecule is CC1CCN(c2ccc([N+](=O)[O-])cc2C(=O)NCCc2ccccn2)CC1. The van der Waals surface area contributed by atoms with Crippen LogP contribution in [0.2, 0.25) is 0 Å². The predicted octanol–water partition coefficient (Wildman–Crippen LogP) is 3.20. The average Bonchev–Trinajstić information content (AvgIpc) is 2.69. The molecule has 0 spiro atoms. The van der Waals surface area contributed by atoms with Crippen molar-refractivity contribution in [2.45, 2.75) is 26.2 Å². The number of aromatic nitrogens is 1. The lowest BCUT2D eigenvalue weighted by Gasteiger charge is -2.33. The highest BCUT2D eigenvalue weighted by atomic mass is 16.6. The number of hydrogen-bond acceptors (Lipinski definition) is 5. The lowest BCUT2D eigenvalue weighted by molar-refractivity contribution is -0.384. The molecule has 0 atom stereocenters. The van der Waals surface area contributed by atoms with E-state index in [0.29, 0.717) is 24.4 Å². The highest BCUT2D eigenvalue weighted by molar-refractivity contribution is 6.00. The van der Waals surface area contributed by atoms with E-state index in [0.717, 1.165) is 37.3 Å². The van der Waals surface area contributed by atoms with Crippen LogP contribution >= 0.6 is 0 Å². The number of rotatable bonds is 6. The summed E-state index contributed by atoms with van der Waals surface area (Å²) in [5.41, 5.74) is 1.95. The molecule has 0 aliphatic carbocycles. The number of benzene rings is 1. The highest BCUT2D eigenvalue weighted by Crippen LogP contribution is 2.29. The summed E-state index contributed by atoms with van der Waals surface area (Å²) in [5.74, 6) is 0.373. The van der Waals surface area contributed by atoms with Crippen molar-refractivity contribution in [3.05, 3.63) is 64.0 Å². The van der Waals surface area contributed by atoms with Gasteiger partial charge in [0.05, 0.1) is 16.2 Å². The number of non-ortho nitro benzene ring substituents is 1. The number of piperidine rings is 1. The first-order valence-corrected chi connectivity index (χ1v) is 9.26. The third-order valence-electron chi connectivity index (χ3n) is 4.95. The summed E-state index contributed by atoms with van der Waals surface area (Å²) in [4.78, 5) is 29.8. The number of carbonyl (C=O) groups is 1. The Kier molecular flexibility index (Phi) is 6.01. The van der Waals surface area contributed by atoms with Gasteiger partial charge in [0.2, 0.25) is 0 Å². The first-order valence-electron chi connectivity index (χ1n) is 9.26. The van der Waals surface area contributed by atoms with E-state index in [-0.39, 0.29) is 11.6 Å². The Morgan fingerprint density at radius 3 is 2.74 bits per heavy atom. The average molecular weight is 368 g/mol. The zero-order valence-electron chi connectivity index (χ0n) is 15.4. The van der Waals surface area contributed by atoms with Crippen LogP contribution in [-0.4, -0.2) is 35.4 Å². The van der Waals surface area contributed by atoms with E-state index < -0.39 is 4.92 Å². The van der Waals surface area contributed by atoms with Gasteiger partial charge in [-0.2, -0.15) is 0 Å². The Morgan fingerprint density at radius 2 is 2.07 bits per heavy atom. The van der Waals surface area contributed by atoms with E-state index in [1.807, 2.05) is 18.2 Å². The summed E-state index contributed by atoms with van der Waals surface area (Å²) in [7, 11) is 0. The molecule has 2 aromatic rings. The smallest absolute Gasteiger partial charge is 0.270 e. The van der Waals surface area contributed by atoms with E-state index in [2.05, 4.69) is 22.1 Å². The topological polar surface area (TPSA) is 88.4 Å². The maximum atomic E-state index is 12.8. The quantitative estimate of drug-likeness (QED) is 0.625. The minimum atomic E-state index is -0.466. The highest BCUT2D eigenvalue weighted by Gasteiger charge is 2.23. The zero-order chi connectivity index (χ0) is 19.2. The molecule has 142 valence electrons. The summed E-state index contributed by atoms with van der Waals surface area (Å²) in [6.45, 7) is 4.35. The minimum Gasteiger partial charge on any atom is -0.371 e. The van der Waals surface area contributed by atoms with Crippen molar-refractivity contribution in [3.63, 3.8) is 0 Å². The number of anilines is 1. The molecule has 1 aromatic heterocycles. The fraction of sp³-hybridized carbons (Fsp3) is 0.400. The molecule has 1 aliphatic heterocycles. The van der Waals surface area contributed by atoms with E-state index in [9.17, 15) is 14.9 Å². The lowest BCUT2D eigenvalue weighted by Crippen LogP contribution is -2.35. The second kappa shape index (κ2) is 8.62. The Hall–Kier alpha value is -2.96. The molecule has 1 N–H and O–H groups in total. The van der Waals surface area contributed by atoms with E-state index >= 15 is 0 Å². The molecule has 1 aliphatic rings. The summed E-state index contributed by atoms with van der Waals surface area (Å²) in [5, 5.41) is 14.0. The fourth-order valence-corrected chi connectivity index (χ4v) is 3.29. The molecule has 7 heteroatoms. The molecule has 1 amide bonds. The van der Waals surface area contributed by atoms with Gasteiger partial charge in [-0.25, -0.2) is 0 Å². The number of nitro groups is 1. The number of hydrogen-bond donors (Lipinski definition) is 1. The molecule has 1 aromatic carbocycles. The molecular formula is C20H24N4O3. The summed E-state index contributed by atoms with van der Waals surface area (Å²) in [6.07, 6.45) is 4.43. The molecule has 0 bridgehead atoms. The van der Waals surface area contributed by atoms with Crippen LogP contribution in [0.15, 0.2) is 42.6 Å². The molecule has 27 heavy (non-hydrogen) atoms. The second-order valence-corrected chi connectivity index (χ2v) is 6.96. The van der Waals surface area contributed by atoms with Crippen molar-refractivity contribution in [1.82, 2.24) is 10.3 Å². The molecule has 0 unspecified atom stereocenters. The number of nitro benzene ring substituents is 1. The van der Waals surface area contributed by atoms with Crippen LogP contribution in [0.1, 0.15) is 35.8 Å². The molecular weight excluding hydrogens is 344 g/mol. The third kappa shape index (κ3) is 4.81. The fourth-order valence-electron chi connectivity index (χ4n) is 3.29. The van der Waals surface area contributed by atoms with Crippen molar-refractivity contribution in [2.75, 3.05) is 24.5 Å². The van der Waals surface area contributed by atoms with Crippen LogP contribution in [0.25, 0.3) is 0 Å². The molecule has 1 fully saturated rings. The van der Waals surface area contributed by atoms with Gasteiger partial charge in [0.1, 0.15) is 0 Å². The maximum absolute atomic E-state index is 12.8. The number of nitrogens with zero attached hydrogens (tertiary/aromatic N) is 3. The largest absolute Gasteiger partial charge is 0.371 e. The Bertz CT molecular complexity index is 802. The van der Waals surface area contributed by atoms with Crippen molar-refractivity contribution in [3.8, 4) is 0 Å². The summed E-state index contributed by atoms with van der Waals surface area (Å²) in [6, 6.07) is 10.2. The number of pyridine rings is 1. The molecule has 3 rings (SSSR count). The monoisotopic (exact) mass is 368 g/mol. The molecule has 7 nitrogen and oxygen atoms in total. The normalized spacial score (nSPS) is 14.8. The molecule has 0 radical (unpaired) electrons. The van der Waals surface area contributed by atoms with Crippen LogP contribution in [0, 0.1) is 16.0 Å². The summed E-state index contributed by atoms with van der Waals surface area (Å²) < 4.78 is 0. The van der Waals surface area contributed by atoms with Crippen LogP contribution in [0.4, 0.5) is 11.4 Å². The summed E-state index contributed by atoms with van der Waals surface area (Å²) >= 11 is 0. The first kappa shape index (κ1) is 18.8. The van der Waals surface area contributed by atoms with Gasteiger partial charge >= 0.3 is 0 Å². The zero-order valence-corrected chi connectivity index (χ0v) is 15.4. The van der Waals surface area contributed by atoms with E-state index in [1.165, 1.54) is 12.1 Å². The first-order chi connectivity index (χ1) is 13.0. The standard InChI is InChI=1S/C20H24N4O3/c1-15-8-12-23(13-9-15)19-6-5-17(24(26)27)14-18(19)20(25)22-11-7-16-4-2-3-10-21-16/h2-6,10,14-15H,7-9,11-13H2,1H3,(H,22,25). The number of nitrogens with one attached hydrogen (secondary N) is 1. The van der Waals surface area contributed by atoms with Gasteiger partial charge < -0.3 is 10.2 Å². The van der Waals surface area contributed by atoms with Gasteiger partial charge in [-0.05, 0) is 37.0 Å². The molecule has 1 saturated heterocycles. The molecule has 2 heterocycles. The second-order valence-electron chi connectivity index (χ2n) is 6.96. The maximum Gasteiger partial charge on any atom is 0.270 e. The van der Waals surface area contributed by atoms with Crippen molar-refractivity contribution < 1.29 is 9.72 Å². The van der Waals surface area contributed by atoms with Crippen LogP contribution < -0.4 is 10.2 Å². The minimum absolute atomic E-state index is 0.0704. The predicted molar refractivity (Wildman–Crippen MR) is 104 cm³/mol.